The lowest BCUT2D eigenvalue weighted by atomic mass is 9.94. The Morgan fingerprint density at radius 1 is 1.10 bits per heavy atom. The van der Waals surface area contributed by atoms with Crippen molar-refractivity contribution in [1.29, 1.82) is 0 Å². The van der Waals surface area contributed by atoms with E-state index in [-0.39, 0.29) is 12.4 Å². The van der Waals surface area contributed by atoms with Crippen LogP contribution < -0.4 is 5.73 Å². The van der Waals surface area contributed by atoms with Crippen LogP contribution in [0.2, 0.25) is 0 Å². The molecule has 1 saturated heterocycles. The molecule has 0 amide bonds. The molecular formula is C16H27NO4. The Balaban J connectivity index is 1.93. The Hall–Kier alpha value is -1.23. The van der Waals surface area contributed by atoms with E-state index in [9.17, 15) is 14.4 Å². The minimum Gasteiger partial charge on any atom is -0.464 e. The number of esters is 1. The lowest BCUT2D eigenvalue weighted by Crippen LogP contribution is -2.36. The Kier molecular flexibility index (Phi) is 8.90. The molecule has 0 saturated carbocycles. The van der Waals surface area contributed by atoms with Crippen LogP contribution in [0.15, 0.2) is 0 Å². The Morgan fingerprint density at radius 2 is 1.67 bits per heavy atom. The molecule has 0 spiro atoms. The van der Waals surface area contributed by atoms with Crippen LogP contribution in [0.25, 0.3) is 0 Å². The lowest BCUT2D eigenvalue weighted by Gasteiger charge is -2.09. The minimum atomic E-state index is -0.760. The molecule has 5 nitrogen and oxygen atoms in total. The van der Waals surface area contributed by atoms with Crippen LogP contribution in [-0.2, 0) is 19.1 Å². The number of carbonyl (C=O) groups excluding carboxylic acids is 3. The summed E-state index contributed by atoms with van der Waals surface area (Å²) in [6.45, 7) is 0.152. The number of unbranched alkanes of at least 4 members (excludes halogenated alkanes) is 8. The molecule has 1 aliphatic heterocycles. The third-order valence-corrected chi connectivity index (χ3v) is 4.02. The second kappa shape index (κ2) is 10.5. The average molecular weight is 297 g/mol. The maximum absolute atomic E-state index is 11.9. The molecule has 1 fully saturated rings. The molecule has 2 atom stereocenters. The smallest absolute Gasteiger partial charge is 0.323 e. The SMILES string of the molecule is N[C@@H]1C(=O)OCC1C(=O)CCCCCCCCCCC=O. The van der Waals surface area contributed by atoms with Crippen molar-refractivity contribution in [3.8, 4) is 0 Å². The first-order valence-corrected chi connectivity index (χ1v) is 8.05. The number of Topliss-reactive ketones (excluding diaryl/α,β-unsaturated/α-hetero) is 1. The molecule has 1 rings (SSSR count). The molecule has 0 aliphatic carbocycles. The van der Waals surface area contributed by atoms with Crippen LogP contribution in [0.3, 0.4) is 0 Å². The second-order valence-corrected chi connectivity index (χ2v) is 5.76. The third-order valence-electron chi connectivity index (χ3n) is 4.02. The molecule has 2 N–H and O–H groups in total. The van der Waals surface area contributed by atoms with E-state index < -0.39 is 17.9 Å². The van der Waals surface area contributed by atoms with Gasteiger partial charge in [-0.2, -0.15) is 0 Å². The number of hydrogen-bond acceptors (Lipinski definition) is 5. The first-order valence-electron chi connectivity index (χ1n) is 8.05. The van der Waals surface area contributed by atoms with Crippen molar-refractivity contribution < 1.29 is 19.1 Å². The molecule has 0 radical (unpaired) electrons. The Bertz CT molecular complexity index is 343. The highest BCUT2D eigenvalue weighted by molar-refractivity contribution is 5.91. The van der Waals surface area contributed by atoms with E-state index in [2.05, 4.69) is 0 Å². The van der Waals surface area contributed by atoms with E-state index in [1.54, 1.807) is 0 Å². The van der Waals surface area contributed by atoms with Crippen molar-refractivity contribution in [3.63, 3.8) is 0 Å². The van der Waals surface area contributed by atoms with Gasteiger partial charge in [0.1, 0.15) is 24.7 Å². The zero-order valence-corrected chi connectivity index (χ0v) is 12.7. The fraction of sp³-hybridized carbons (Fsp3) is 0.812. The molecular weight excluding hydrogens is 270 g/mol. The maximum Gasteiger partial charge on any atom is 0.323 e. The van der Waals surface area contributed by atoms with Gasteiger partial charge in [-0.3, -0.25) is 9.59 Å². The highest BCUT2D eigenvalue weighted by atomic mass is 16.5. The van der Waals surface area contributed by atoms with E-state index in [0.717, 1.165) is 38.4 Å². The van der Waals surface area contributed by atoms with Crippen molar-refractivity contribution in [2.75, 3.05) is 6.61 Å². The summed E-state index contributed by atoms with van der Waals surface area (Å²) in [5, 5.41) is 0. The van der Waals surface area contributed by atoms with E-state index >= 15 is 0 Å². The van der Waals surface area contributed by atoms with E-state index in [1.807, 2.05) is 0 Å². The first kappa shape index (κ1) is 17.8. The number of ketones is 1. The topological polar surface area (TPSA) is 86.5 Å². The number of rotatable bonds is 12. The monoisotopic (exact) mass is 297 g/mol. The highest BCUT2D eigenvalue weighted by Gasteiger charge is 2.37. The number of cyclic esters (lactones) is 1. The zero-order valence-electron chi connectivity index (χ0n) is 12.7. The van der Waals surface area contributed by atoms with Gasteiger partial charge in [-0.15, -0.1) is 0 Å². The average Bonchev–Trinajstić information content (AvgIpc) is 2.81. The third kappa shape index (κ3) is 6.85. The summed E-state index contributed by atoms with van der Waals surface area (Å²) in [4.78, 5) is 33.1. The molecule has 1 heterocycles. The van der Waals surface area contributed by atoms with E-state index in [1.165, 1.54) is 19.3 Å². The van der Waals surface area contributed by atoms with Crippen LogP contribution in [0, 0.1) is 5.92 Å². The fourth-order valence-corrected chi connectivity index (χ4v) is 2.60. The normalized spacial score (nSPS) is 21.3. The predicted octanol–water partition coefficient (Wildman–Crippen LogP) is 2.16. The zero-order chi connectivity index (χ0) is 15.5. The molecule has 0 bridgehead atoms. The standard InChI is InChI=1S/C16H27NO4/c17-15-13(12-21-16(15)20)14(19)10-8-6-4-2-1-3-5-7-9-11-18/h11,13,15H,1-10,12,17H2/t13?,15-/m0/s1. The van der Waals surface area contributed by atoms with Crippen molar-refractivity contribution in [2.45, 2.75) is 70.3 Å². The van der Waals surface area contributed by atoms with Gasteiger partial charge in [0.25, 0.3) is 0 Å². The van der Waals surface area contributed by atoms with Crippen LogP contribution in [-0.4, -0.2) is 30.7 Å². The largest absolute Gasteiger partial charge is 0.464 e. The van der Waals surface area contributed by atoms with Gasteiger partial charge in [0.15, 0.2) is 0 Å². The van der Waals surface area contributed by atoms with Gasteiger partial charge in [0, 0.05) is 12.8 Å². The summed E-state index contributed by atoms with van der Waals surface area (Å²) in [5.41, 5.74) is 5.63. The van der Waals surface area contributed by atoms with Gasteiger partial charge >= 0.3 is 5.97 Å². The van der Waals surface area contributed by atoms with Crippen molar-refractivity contribution in [2.24, 2.45) is 11.7 Å². The Morgan fingerprint density at radius 3 is 2.19 bits per heavy atom. The first-order chi connectivity index (χ1) is 10.2. The second-order valence-electron chi connectivity index (χ2n) is 5.76. The van der Waals surface area contributed by atoms with E-state index in [0.29, 0.717) is 12.8 Å². The summed E-state index contributed by atoms with van der Waals surface area (Å²) in [7, 11) is 0. The van der Waals surface area contributed by atoms with Gasteiger partial charge < -0.3 is 15.3 Å². The lowest BCUT2D eigenvalue weighted by molar-refractivity contribution is -0.139. The molecule has 0 aromatic rings. The fourth-order valence-electron chi connectivity index (χ4n) is 2.60. The van der Waals surface area contributed by atoms with Gasteiger partial charge in [-0.1, -0.05) is 38.5 Å². The molecule has 1 aliphatic rings. The molecule has 0 aromatic carbocycles. The molecule has 0 aromatic heterocycles. The van der Waals surface area contributed by atoms with Crippen LogP contribution in [0.1, 0.15) is 64.2 Å². The van der Waals surface area contributed by atoms with Crippen molar-refractivity contribution in [1.82, 2.24) is 0 Å². The van der Waals surface area contributed by atoms with Crippen LogP contribution in [0.5, 0.6) is 0 Å². The van der Waals surface area contributed by atoms with Gasteiger partial charge in [-0.25, -0.2) is 0 Å². The molecule has 5 heteroatoms. The quantitative estimate of drug-likeness (QED) is 0.339. The van der Waals surface area contributed by atoms with Crippen molar-refractivity contribution in [3.05, 3.63) is 0 Å². The number of hydrogen-bond donors (Lipinski definition) is 1. The summed E-state index contributed by atoms with van der Waals surface area (Å²) >= 11 is 0. The van der Waals surface area contributed by atoms with Gasteiger partial charge in [0.05, 0.1) is 5.92 Å². The number of carbonyl (C=O) groups is 3. The molecule has 21 heavy (non-hydrogen) atoms. The minimum absolute atomic E-state index is 0.0576. The van der Waals surface area contributed by atoms with Gasteiger partial charge in [-0.05, 0) is 12.8 Å². The number of ether oxygens (including phenoxy) is 1. The summed E-state index contributed by atoms with van der Waals surface area (Å²) in [5.74, 6) is -0.833. The highest BCUT2D eigenvalue weighted by Crippen LogP contribution is 2.18. The Labute approximate surface area is 126 Å². The molecule has 120 valence electrons. The van der Waals surface area contributed by atoms with Crippen LogP contribution in [0.4, 0.5) is 0 Å². The molecule has 1 unspecified atom stereocenters. The summed E-state index contributed by atoms with van der Waals surface area (Å²) < 4.78 is 4.79. The maximum atomic E-state index is 11.9. The summed E-state index contributed by atoms with van der Waals surface area (Å²) in [6.07, 6.45) is 10.9. The predicted molar refractivity (Wildman–Crippen MR) is 79.7 cm³/mol. The van der Waals surface area contributed by atoms with Gasteiger partial charge in [0.2, 0.25) is 0 Å². The number of aldehydes is 1. The summed E-state index contributed by atoms with van der Waals surface area (Å²) in [6, 6.07) is -0.760. The van der Waals surface area contributed by atoms with Crippen molar-refractivity contribution >= 4 is 18.0 Å². The van der Waals surface area contributed by atoms with Crippen LogP contribution >= 0.6 is 0 Å². The van der Waals surface area contributed by atoms with E-state index in [4.69, 9.17) is 10.5 Å². The number of nitrogens with two attached hydrogens (primary N) is 1.